The first-order valence-corrected chi connectivity index (χ1v) is 5.25. The van der Waals surface area contributed by atoms with E-state index in [1.807, 2.05) is 24.3 Å². The van der Waals surface area contributed by atoms with Crippen molar-refractivity contribution in [1.82, 2.24) is 4.90 Å². The van der Waals surface area contributed by atoms with E-state index in [4.69, 9.17) is 10.5 Å². The van der Waals surface area contributed by atoms with E-state index >= 15 is 0 Å². The predicted octanol–water partition coefficient (Wildman–Crippen LogP) is 1.74. The van der Waals surface area contributed by atoms with E-state index in [0.29, 0.717) is 6.61 Å². The zero-order chi connectivity index (χ0) is 11.1. The minimum Gasteiger partial charge on any atom is -0.399 e. The normalized spacial score (nSPS) is 10.9. The summed E-state index contributed by atoms with van der Waals surface area (Å²) in [5.74, 6) is 0. The third-order valence-corrected chi connectivity index (χ3v) is 2.14. The lowest BCUT2D eigenvalue weighted by Gasteiger charge is -2.09. The highest BCUT2D eigenvalue weighted by molar-refractivity contribution is 5.39. The van der Waals surface area contributed by atoms with Gasteiger partial charge in [0.15, 0.2) is 0 Å². The number of hydrogen-bond acceptors (Lipinski definition) is 3. The molecule has 0 unspecified atom stereocenters. The monoisotopic (exact) mass is 208 g/mol. The molecule has 0 spiro atoms. The van der Waals surface area contributed by atoms with Crippen LogP contribution in [0.15, 0.2) is 24.3 Å². The van der Waals surface area contributed by atoms with E-state index in [0.717, 1.165) is 25.3 Å². The summed E-state index contributed by atoms with van der Waals surface area (Å²) < 4.78 is 5.54. The van der Waals surface area contributed by atoms with Gasteiger partial charge in [0.1, 0.15) is 0 Å². The molecule has 2 N–H and O–H groups in total. The summed E-state index contributed by atoms with van der Waals surface area (Å²) in [5, 5.41) is 0. The second kappa shape index (κ2) is 6.43. The average Bonchev–Trinajstić information content (AvgIpc) is 2.20. The molecule has 1 rings (SSSR count). The second-order valence-electron chi connectivity index (χ2n) is 3.95. The Kier molecular flexibility index (Phi) is 5.15. The minimum absolute atomic E-state index is 0.674. The molecule has 0 heterocycles. The highest BCUT2D eigenvalue weighted by atomic mass is 16.5. The molecular formula is C12H20N2O. The number of nitrogens with zero attached hydrogens (tertiary/aromatic N) is 1. The van der Waals surface area contributed by atoms with Gasteiger partial charge in [-0.05, 0) is 44.8 Å². The first-order valence-electron chi connectivity index (χ1n) is 5.25. The zero-order valence-electron chi connectivity index (χ0n) is 9.57. The number of hydrogen-bond donors (Lipinski definition) is 1. The van der Waals surface area contributed by atoms with E-state index in [1.54, 1.807) is 0 Å². The molecule has 15 heavy (non-hydrogen) atoms. The molecule has 0 fully saturated rings. The first-order chi connectivity index (χ1) is 7.18. The van der Waals surface area contributed by atoms with Gasteiger partial charge in [-0.2, -0.15) is 0 Å². The molecule has 0 radical (unpaired) electrons. The van der Waals surface area contributed by atoms with Crippen molar-refractivity contribution in [2.24, 2.45) is 0 Å². The molecule has 0 aliphatic heterocycles. The average molecular weight is 208 g/mol. The molecule has 1 aromatic rings. The number of ether oxygens (including phenoxy) is 1. The van der Waals surface area contributed by atoms with E-state index in [9.17, 15) is 0 Å². The molecule has 0 amide bonds. The highest BCUT2D eigenvalue weighted by Gasteiger charge is 1.94. The van der Waals surface area contributed by atoms with Gasteiger partial charge in [0.05, 0.1) is 6.61 Å². The van der Waals surface area contributed by atoms with Crippen LogP contribution in [0.25, 0.3) is 0 Å². The Morgan fingerprint density at radius 1 is 1.20 bits per heavy atom. The van der Waals surface area contributed by atoms with Crippen LogP contribution in [-0.4, -0.2) is 32.1 Å². The Labute approximate surface area is 91.8 Å². The van der Waals surface area contributed by atoms with Gasteiger partial charge < -0.3 is 15.4 Å². The SMILES string of the molecule is CN(C)CCCOCc1ccc(N)cc1. The van der Waals surface area contributed by atoms with Crippen LogP contribution in [0.2, 0.25) is 0 Å². The maximum absolute atomic E-state index is 5.59. The van der Waals surface area contributed by atoms with Crippen molar-refractivity contribution in [2.75, 3.05) is 33.0 Å². The summed E-state index contributed by atoms with van der Waals surface area (Å²) in [5.41, 5.74) is 7.56. The van der Waals surface area contributed by atoms with Gasteiger partial charge in [-0.3, -0.25) is 0 Å². The van der Waals surface area contributed by atoms with Gasteiger partial charge in [-0.1, -0.05) is 12.1 Å². The van der Waals surface area contributed by atoms with Crippen LogP contribution in [0.5, 0.6) is 0 Å². The van der Waals surface area contributed by atoms with Crippen molar-refractivity contribution < 1.29 is 4.74 Å². The summed E-state index contributed by atoms with van der Waals surface area (Å²) in [4.78, 5) is 2.16. The van der Waals surface area contributed by atoms with Gasteiger partial charge in [0, 0.05) is 12.3 Å². The first kappa shape index (κ1) is 12.0. The van der Waals surface area contributed by atoms with E-state index in [1.165, 1.54) is 5.56 Å². The molecule has 1 aromatic carbocycles. The minimum atomic E-state index is 0.674. The summed E-state index contributed by atoms with van der Waals surface area (Å²) in [6.07, 6.45) is 1.07. The Balaban J connectivity index is 2.12. The van der Waals surface area contributed by atoms with Gasteiger partial charge >= 0.3 is 0 Å². The number of benzene rings is 1. The molecule has 0 aromatic heterocycles. The fourth-order valence-electron chi connectivity index (χ4n) is 1.29. The standard InChI is InChI=1S/C12H20N2O/c1-14(2)8-3-9-15-10-11-4-6-12(13)7-5-11/h4-7H,3,8-10,13H2,1-2H3. The molecule has 0 saturated carbocycles. The fourth-order valence-corrected chi connectivity index (χ4v) is 1.29. The Morgan fingerprint density at radius 2 is 1.87 bits per heavy atom. The smallest absolute Gasteiger partial charge is 0.0716 e. The lowest BCUT2D eigenvalue weighted by atomic mass is 10.2. The van der Waals surface area contributed by atoms with Crippen LogP contribution in [0, 0.1) is 0 Å². The molecule has 3 heteroatoms. The van der Waals surface area contributed by atoms with Gasteiger partial charge in [-0.15, -0.1) is 0 Å². The molecule has 0 aliphatic carbocycles. The zero-order valence-corrected chi connectivity index (χ0v) is 9.57. The summed E-state index contributed by atoms with van der Waals surface area (Å²) >= 11 is 0. The number of rotatable bonds is 6. The van der Waals surface area contributed by atoms with E-state index in [-0.39, 0.29) is 0 Å². The molecule has 0 saturated heterocycles. The maximum Gasteiger partial charge on any atom is 0.0716 e. The van der Waals surface area contributed by atoms with Crippen LogP contribution in [-0.2, 0) is 11.3 Å². The molecule has 84 valence electrons. The van der Waals surface area contributed by atoms with Gasteiger partial charge in [0.25, 0.3) is 0 Å². The summed E-state index contributed by atoms with van der Waals surface area (Å²) in [6.45, 7) is 2.55. The Bertz CT molecular complexity index is 269. The lowest BCUT2D eigenvalue weighted by Crippen LogP contribution is -2.14. The third kappa shape index (κ3) is 5.40. The van der Waals surface area contributed by atoms with Crippen molar-refractivity contribution in [3.63, 3.8) is 0 Å². The van der Waals surface area contributed by atoms with Crippen LogP contribution in [0.4, 0.5) is 5.69 Å². The van der Waals surface area contributed by atoms with Crippen molar-refractivity contribution in [2.45, 2.75) is 13.0 Å². The third-order valence-electron chi connectivity index (χ3n) is 2.14. The Hall–Kier alpha value is -1.06. The van der Waals surface area contributed by atoms with Gasteiger partial charge in [-0.25, -0.2) is 0 Å². The van der Waals surface area contributed by atoms with Crippen molar-refractivity contribution in [3.8, 4) is 0 Å². The number of nitrogen functional groups attached to an aromatic ring is 1. The quantitative estimate of drug-likeness (QED) is 0.571. The lowest BCUT2D eigenvalue weighted by molar-refractivity contribution is 0.113. The second-order valence-corrected chi connectivity index (χ2v) is 3.95. The van der Waals surface area contributed by atoms with Crippen molar-refractivity contribution in [3.05, 3.63) is 29.8 Å². The predicted molar refractivity (Wildman–Crippen MR) is 63.7 cm³/mol. The Morgan fingerprint density at radius 3 is 2.47 bits per heavy atom. The van der Waals surface area contributed by atoms with Crippen molar-refractivity contribution >= 4 is 5.69 Å². The fraction of sp³-hybridized carbons (Fsp3) is 0.500. The number of anilines is 1. The van der Waals surface area contributed by atoms with Crippen LogP contribution in [0.3, 0.4) is 0 Å². The van der Waals surface area contributed by atoms with Crippen molar-refractivity contribution in [1.29, 1.82) is 0 Å². The van der Waals surface area contributed by atoms with E-state index in [2.05, 4.69) is 19.0 Å². The summed E-state index contributed by atoms with van der Waals surface area (Å²) in [7, 11) is 4.14. The summed E-state index contributed by atoms with van der Waals surface area (Å²) in [6, 6.07) is 7.81. The molecule has 0 bridgehead atoms. The molecule has 0 atom stereocenters. The molecular weight excluding hydrogens is 188 g/mol. The largest absolute Gasteiger partial charge is 0.399 e. The van der Waals surface area contributed by atoms with Gasteiger partial charge in [0.2, 0.25) is 0 Å². The van der Waals surface area contributed by atoms with Crippen LogP contribution >= 0.6 is 0 Å². The molecule has 0 aliphatic rings. The number of nitrogens with two attached hydrogens (primary N) is 1. The highest BCUT2D eigenvalue weighted by Crippen LogP contribution is 2.06. The van der Waals surface area contributed by atoms with E-state index < -0.39 is 0 Å². The van der Waals surface area contributed by atoms with Crippen LogP contribution < -0.4 is 5.73 Å². The topological polar surface area (TPSA) is 38.5 Å². The molecule has 3 nitrogen and oxygen atoms in total. The maximum atomic E-state index is 5.59. The van der Waals surface area contributed by atoms with Crippen LogP contribution in [0.1, 0.15) is 12.0 Å².